The zero-order chi connectivity index (χ0) is 16.7. The summed E-state index contributed by atoms with van der Waals surface area (Å²) in [6.45, 7) is 4.40. The quantitative estimate of drug-likeness (QED) is 0.826. The van der Waals surface area contributed by atoms with Gasteiger partial charge in [-0.05, 0) is 37.1 Å². The largest absolute Gasteiger partial charge is 0.489 e. The van der Waals surface area contributed by atoms with Crippen molar-refractivity contribution in [1.29, 1.82) is 0 Å². The van der Waals surface area contributed by atoms with E-state index in [1.165, 1.54) is 0 Å². The number of benzene rings is 2. The van der Waals surface area contributed by atoms with Crippen LogP contribution in [0.1, 0.15) is 30.5 Å². The minimum Gasteiger partial charge on any atom is -0.489 e. The summed E-state index contributed by atoms with van der Waals surface area (Å²) >= 11 is 0. The Balaban J connectivity index is 1.75. The highest BCUT2D eigenvalue weighted by atomic mass is 16.5. The van der Waals surface area contributed by atoms with E-state index >= 15 is 0 Å². The van der Waals surface area contributed by atoms with Crippen LogP contribution in [0.25, 0.3) is 0 Å². The van der Waals surface area contributed by atoms with Crippen LogP contribution in [0.2, 0.25) is 0 Å². The van der Waals surface area contributed by atoms with Crippen molar-refractivity contribution in [2.45, 2.75) is 32.4 Å². The smallest absolute Gasteiger partial charge is 0.222 e. The van der Waals surface area contributed by atoms with Gasteiger partial charge < -0.3 is 15.8 Å². The minimum atomic E-state index is -0.288. The molecule has 0 aliphatic rings. The summed E-state index contributed by atoms with van der Waals surface area (Å²) in [6.07, 6.45) is 0.162. The molecule has 0 heterocycles. The van der Waals surface area contributed by atoms with Gasteiger partial charge in [-0.1, -0.05) is 42.5 Å². The summed E-state index contributed by atoms with van der Waals surface area (Å²) < 4.78 is 5.79. The molecule has 3 N–H and O–H groups in total. The summed E-state index contributed by atoms with van der Waals surface area (Å²) in [4.78, 5) is 12.0. The molecule has 0 spiro atoms. The molecule has 0 aliphatic carbocycles. The van der Waals surface area contributed by atoms with Gasteiger partial charge in [0.2, 0.25) is 5.91 Å². The van der Waals surface area contributed by atoms with Crippen molar-refractivity contribution in [1.82, 2.24) is 5.32 Å². The van der Waals surface area contributed by atoms with Crippen molar-refractivity contribution in [3.63, 3.8) is 0 Å². The molecule has 0 fully saturated rings. The van der Waals surface area contributed by atoms with Crippen LogP contribution in [0.5, 0.6) is 5.75 Å². The van der Waals surface area contributed by atoms with Crippen LogP contribution in [0, 0.1) is 6.92 Å². The molecule has 4 heteroatoms. The van der Waals surface area contributed by atoms with Crippen LogP contribution in [-0.2, 0) is 4.79 Å². The molecule has 2 atom stereocenters. The third kappa shape index (κ3) is 5.75. The first-order chi connectivity index (χ1) is 11.0. The molecule has 0 radical (unpaired) electrons. The lowest BCUT2D eigenvalue weighted by Crippen LogP contribution is -2.35. The summed E-state index contributed by atoms with van der Waals surface area (Å²) in [7, 11) is 0. The van der Waals surface area contributed by atoms with Crippen LogP contribution in [0.3, 0.4) is 0 Å². The maximum absolute atomic E-state index is 12.0. The third-order valence-corrected chi connectivity index (χ3v) is 3.55. The molecule has 2 unspecified atom stereocenters. The normalized spacial score (nSPS) is 13.2. The fourth-order valence-corrected chi connectivity index (χ4v) is 2.31. The highest BCUT2D eigenvalue weighted by Gasteiger charge is 2.12. The molecular weight excluding hydrogens is 288 g/mol. The van der Waals surface area contributed by atoms with E-state index in [4.69, 9.17) is 10.5 Å². The summed E-state index contributed by atoms with van der Waals surface area (Å²) in [5.74, 6) is 0.744. The van der Waals surface area contributed by atoms with Crippen LogP contribution in [0.4, 0.5) is 0 Å². The second-order valence-electron chi connectivity index (χ2n) is 5.77. The van der Waals surface area contributed by atoms with Crippen molar-refractivity contribution < 1.29 is 9.53 Å². The first-order valence-corrected chi connectivity index (χ1v) is 7.85. The Morgan fingerprint density at radius 1 is 1.17 bits per heavy atom. The van der Waals surface area contributed by atoms with Gasteiger partial charge in [-0.2, -0.15) is 0 Å². The fraction of sp³-hybridized carbons (Fsp3) is 0.316. The van der Waals surface area contributed by atoms with Gasteiger partial charge in [-0.3, -0.25) is 4.79 Å². The number of amides is 1. The number of ether oxygens (including phenoxy) is 1. The van der Waals surface area contributed by atoms with Crippen molar-refractivity contribution in [3.8, 4) is 5.75 Å². The molecule has 0 aromatic heterocycles. The maximum Gasteiger partial charge on any atom is 0.222 e. The molecule has 0 bridgehead atoms. The van der Waals surface area contributed by atoms with Crippen molar-refractivity contribution in [2.24, 2.45) is 5.73 Å². The van der Waals surface area contributed by atoms with E-state index in [9.17, 15) is 4.79 Å². The van der Waals surface area contributed by atoms with E-state index in [0.717, 1.165) is 16.9 Å². The van der Waals surface area contributed by atoms with Crippen molar-refractivity contribution in [2.75, 3.05) is 6.54 Å². The molecule has 4 nitrogen and oxygen atoms in total. The van der Waals surface area contributed by atoms with Gasteiger partial charge in [0, 0.05) is 12.5 Å². The molecule has 0 aliphatic heterocycles. The number of nitrogens with one attached hydrogen (secondary N) is 1. The standard InChI is InChI=1S/C19H24N2O2/c1-14-7-6-10-17(11-14)23-15(2)13-21-19(22)12-18(20)16-8-4-3-5-9-16/h3-11,15,18H,12-13,20H2,1-2H3,(H,21,22). The Morgan fingerprint density at radius 2 is 1.91 bits per heavy atom. The molecule has 122 valence electrons. The molecule has 23 heavy (non-hydrogen) atoms. The zero-order valence-corrected chi connectivity index (χ0v) is 13.7. The van der Waals surface area contributed by atoms with Gasteiger partial charge in [-0.15, -0.1) is 0 Å². The van der Waals surface area contributed by atoms with E-state index in [0.29, 0.717) is 6.54 Å². The number of nitrogens with two attached hydrogens (primary N) is 1. The number of aryl methyl sites for hydroxylation is 1. The van der Waals surface area contributed by atoms with E-state index in [-0.39, 0.29) is 24.5 Å². The van der Waals surface area contributed by atoms with Gasteiger partial charge in [-0.25, -0.2) is 0 Å². The second kappa shape index (κ2) is 8.34. The molecule has 2 aromatic rings. The van der Waals surface area contributed by atoms with E-state index < -0.39 is 0 Å². The molecule has 2 aromatic carbocycles. The summed E-state index contributed by atoms with van der Waals surface area (Å²) in [6, 6.07) is 17.2. The third-order valence-electron chi connectivity index (χ3n) is 3.55. The summed E-state index contributed by atoms with van der Waals surface area (Å²) in [5.41, 5.74) is 8.16. The van der Waals surface area contributed by atoms with Gasteiger partial charge in [0.05, 0.1) is 6.54 Å². The van der Waals surface area contributed by atoms with Crippen LogP contribution in [0.15, 0.2) is 54.6 Å². The number of hydrogen-bond donors (Lipinski definition) is 2. The molecule has 0 saturated heterocycles. The highest BCUT2D eigenvalue weighted by Crippen LogP contribution is 2.15. The fourth-order valence-electron chi connectivity index (χ4n) is 2.31. The monoisotopic (exact) mass is 312 g/mol. The van der Waals surface area contributed by atoms with Gasteiger partial charge >= 0.3 is 0 Å². The van der Waals surface area contributed by atoms with Crippen LogP contribution in [-0.4, -0.2) is 18.6 Å². The number of hydrogen-bond acceptors (Lipinski definition) is 3. The Labute approximate surface area is 137 Å². The minimum absolute atomic E-state index is 0.0685. The van der Waals surface area contributed by atoms with Crippen LogP contribution >= 0.6 is 0 Å². The highest BCUT2D eigenvalue weighted by molar-refractivity contribution is 5.76. The number of rotatable bonds is 7. The number of carbonyl (C=O) groups excluding carboxylic acids is 1. The average Bonchev–Trinajstić information content (AvgIpc) is 2.54. The van der Waals surface area contributed by atoms with Gasteiger partial charge in [0.25, 0.3) is 0 Å². The van der Waals surface area contributed by atoms with Gasteiger partial charge in [0.15, 0.2) is 0 Å². The second-order valence-corrected chi connectivity index (χ2v) is 5.77. The predicted molar refractivity (Wildman–Crippen MR) is 92.3 cm³/mol. The molecular formula is C19H24N2O2. The maximum atomic E-state index is 12.0. The lowest BCUT2D eigenvalue weighted by Gasteiger charge is -2.17. The Bertz CT molecular complexity index is 628. The molecule has 0 saturated carbocycles. The van der Waals surface area contributed by atoms with Crippen LogP contribution < -0.4 is 15.8 Å². The average molecular weight is 312 g/mol. The van der Waals surface area contributed by atoms with E-state index in [1.54, 1.807) is 0 Å². The Morgan fingerprint density at radius 3 is 2.61 bits per heavy atom. The molecule has 1 amide bonds. The van der Waals surface area contributed by atoms with E-state index in [2.05, 4.69) is 5.32 Å². The lowest BCUT2D eigenvalue weighted by atomic mass is 10.0. The SMILES string of the molecule is Cc1cccc(OC(C)CNC(=O)CC(N)c2ccccc2)c1. The predicted octanol–water partition coefficient (Wildman–Crippen LogP) is 2.97. The Kier molecular flexibility index (Phi) is 6.18. The summed E-state index contributed by atoms with van der Waals surface area (Å²) in [5, 5.41) is 2.87. The van der Waals surface area contributed by atoms with Crippen molar-refractivity contribution in [3.05, 3.63) is 65.7 Å². The topological polar surface area (TPSA) is 64.3 Å². The zero-order valence-electron chi connectivity index (χ0n) is 13.7. The van der Waals surface area contributed by atoms with E-state index in [1.807, 2.05) is 68.4 Å². The first kappa shape index (κ1) is 17.0. The Hall–Kier alpha value is -2.33. The lowest BCUT2D eigenvalue weighted by molar-refractivity contribution is -0.121. The first-order valence-electron chi connectivity index (χ1n) is 7.85. The van der Waals surface area contributed by atoms with Crippen molar-refractivity contribution >= 4 is 5.91 Å². The number of carbonyl (C=O) groups is 1. The van der Waals surface area contributed by atoms with Gasteiger partial charge in [0.1, 0.15) is 11.9 Å². The molecule has 2 rings (SSSR count).